The lowest BCUT2D eigenvalue weighted by molar-refractivity contribution is -0.112. The molecule has 3 N–H and O–H groups in total. The normalized spacial score (nSPS) is 8.87. The molecule has 0 aliphatic carbocycles. The van der Waals surface area contributed by atoms with Crippen molar-refractivity contribution >= 4 is 23.5 Å². The standard InChI is InChI=1S/C10H6ClNO3/c11-7-2-3-8(10(14)15)6(5-7)1-4-9(12)13/h2-3,5H,(H2,12,13)(H,14,15). The topological polar surface area (TPSA) is 80.4 Å². The van der Waals surface area contributed by atoms with Crippen LogP contribution in [-0.4, -0.2) is 17.0 Å². The molecule has 0 saturated carbocycles. The fraction of sp³-hybridized carbons (Fsp3) is 0. The number of hydrogen-bond donors (Lipinski definition) is 2. The molecule has 4 nitrogen and oxygen atoms in total. The van der Waals surface area contributed by atoms with Crippen molar-refractivity contribution in [2.45, 2.75) is 0 Å². The minimum absolute atomic E-state index is 0.0202. The molecule has 0 aliphatic heterocycles. The van der Waals surface area contributed by atoms with Crippen LogP contribution in [0.5, 0.6) is 0 Å². The molecule has 0 radical (unpaired) electrons. The lowest BCUT2D eigenvalue weighted by atomic mass is 10.1. The molecule has 0 spiro atoms. The highest BCUT2D eigenvalue weighted by atomic mass is 35.5. The molecule has 1 amide bonds. The van der Waals surface area contributed by atoms with Gasteiger partial charge in [0, 0.05) is 16.5 Å². The van der Waals surface area contributed by atoms with Gasteiger partial charge in [-0.25, -0.2) is 4.79 Å². The maximum Gasteiger partial charge on any atom is 0.336 e. The van der Waals surface area contributed by atoms with Gasteiger partial charge in [0.15, 0.2) is 0 Å². The van der Waals surface area contributed by atoms with E-state index in [9.17, 15) is 9.59 Å². The van der Waals surface area contributed by atoms with Crippen molar-refractivity contribution in [1.29, 1.82) is 0 Å². The summed E-state index contributed by atoms with van der Waals surface area (Å²) in [6, 6.07) is 4.11. The van der Waals surface area contributed by atoms with Gasteiger partial charge in [-0.05, 0) is 18.2 Å². The zero-order valence-electron chi connectivity index (χ0n) is 7.45. The van der Waals surface area contributed by atoms with Crippen molar-refractivity contribution < 1.29 is 14.7 Å². The molecule has 5 heteroatoms. The maximum atomic E-state index is 10.8. The van der Waals surface area contributed by atoms with Gasteiger partial charge in [-0.2, -0.15) is 0 Å². The van der Waals surface area contributed by atoms with Crippen LogP contribution in [0.15, 0.2) is 18.2 Å². The van der Waals surface area contributed by atoms with Gasteiger partial charge in [0.05, 0.1) is 5.56 Å². The maximum absolute atomic E-state index is 10.8. The van der Waals surface area contributed by atoms with Gasteiger partial charge in [-0.1, -0.05) is 17.5 Å². The Kier molecular flexibility index (Phi) is 3.32. The van der Waals surface area contributed by atoms with Crippen LogP contribution < -0.4 is 5.73 Å². The Morgan fingerprint density at radius 2 is 2.07 bits per heavy atom. The Labute approximate surface area is 90.7 Å². The minimum atomic E-state index is -1.14. The third-order valence-electron chi connectivity index (χ3n) is 1.53. The van der Waals surface area contributed by atoms with Crippen molar-refractivity contribution in [2.24, 2.45) is 5.73 Å². The summed E-state index contributed by atoms with van der Waals surface area (Å²) in [7, 11) is 0. The van der Waals surface area contributed by atoms with Crippen LogP contribution >= 0.6 is 11.6 Å². The lowest BCUT2D eigenvalue weighted by Crippen LogP contribution is -2.07. The lowest BCUT2D eigenvalue weighted by Gasteiger charge is -1.98. The molecule has 1 aromatic rings. The highest BCUT2D eigenvalue weighted by Gasteiger charge is 2.08. The Hall–Kier alpha value is -1.99. The molecule has 0 aromatic heterocycles. The first-order valence-electron chi connectivity index (χ1n) is 3.85. The van der Waals surface area contributed by atoms with Gasteiger partial charge in [0.2, 0.25) is 0 Å². The van der Waals surface area contributed by atoms with Crippen molar-refractivity contribution in [3.05, 3.63) is 34.3 Å². The van der Waals surface area contributed by atoms with Gasteiger partial charge in [0.1, 0.15) is 0 Å². The molecule has 1 aromatic carbocycles. The van der Waals surface area contributed by atoms with E-state index >= 15 is 0 Å². The Morgan fingerprint density at radius 3 is 2.60 bits per heavy atom. The fourth-order valence-corrected chi connectivity index (χ4v) is 1.11. The van der Waals surface area contributed by atoms with E-state index in [4.69, 9.17) is 22.4 Å². The Morgan fingerprint density at radius 1 is 1.40 bits per heavy atom. The molecule has 0 saturated heterocycles. The summed E-state index contributed by atoms with van der Waals surface area (Å²) in [6.07, 6.45) is 0. The molecule has 1 rings (SSSR count). The first kappa shape index (κ1) is 11.1. The van der Waals surface area contributed by atoms with Gasteiger partial charge < -0.3 is 10.8 Å². The van der Waals surface area contributed by atoms with Crippen LogP contribution in [0.4, 0.5) is 0 Å². The predicted octanol–water partition coefficient (Wildman–Crippen LogP) is 0.875. The van der Waals surface area contributed by atoms with E-state index in [2.05, 4.69) is 11.8 Å². The van der Waals surface area contributed by atoms with Crippen LogP contribution in [0.3, 0.4) is 0 Å². The Bertz CT molecular complexity index is 485. The minimum Gasteiger partial charge on any atom is -0.478 e. The number of benzene rings is 1. The third kappa shape index (κ3) is 3.01. The number of carbonyl (C=O) groups excluding carboxylic acids is 1. The SMILES string of the molecule is NC(=O)C#Cc1cc(Cl)ccc1C(=O)O. The number of amides is 1. The van der Waals surface area contributed by atoms with Crippen LogP contribution in [0, 0.1) is 11.8 Å². The molecule has 0 fully saturated rings. The van der Waals surface area contributed by atoms with E-state index in [0.717, 1.165) is 0 Å². The number of carboxylic acid groups (broad SMARTS) is 1. The second-order valence-electron chi connectivity index (χ2n) is 2.61. The van der Waals surface area contributed by atoms with Crippen LogP contribution in [-0.2, 0) is 4.79 Å². The second kappa shape index (κ2) is 4.49. The highest BCUT2D eigenvalue weighted by Crippen LogP contribution is 2.15. The first-order chi connectivity index (χ1) is 7.00. The number of rotatable bonds is 1. The summed E-state index contributed by atoms with van der Waals surface area (Å²) in [5.74, 6) is 2.43. The van der Waals surface area contributed by atoms with Crippen LogP contribution in [0.25, 0.3) is 0 Å². The molecular weight excluding hydrogens is 218 g/mol. The van der Waals surface area contributed by atoms with Gasteiger partial charge in [-0.3, -0.25) is 4.79 Å². The van der Waals surface area contributed by atoms with E-state index in [1.807, 2.05) is 0 Å². The summed E-state index contributed by atoms with van der Waals surface area (Å²) < 4.78 is 0. The molecule has 0 aliphatic rings. The van der Waals surface area contributed by atoms with E-state index in [1.165, 1.54) is 18.2 Å². The summed E-state index contributed by atoms with van der Waals surface area (Å²) in [4.78, 5) is 21.2. The average molecular weight is 224 g/mol. The number of primary amides is 1. The van der Waals surface area contributed by atoms with Crippen molar-refractivity contribution in [3.63, 3.8) is 0 Å². The average Bonchev–Trinajstić information content (AvgIpc) is 2.14. The number of nitrogens with two attached hydrogens (primary N) is 1. The first-order valence-corrected chi connectivity index (χ1v) is 4.23. The quantitative estimate of drug-likeness (QED) is 0.694. The van der Waals surface area contributed by atoms with Gasteiger partial charge in [0.25, 0.3) is 5.91 Å². The molecule has 0 atom stereocenters. The molecule has 0 bridgehead atoms. The molecule has 0 heterocycles. The van der Waals surface area contributed by atoms with E-state index in [-0.39, 0.29) is 11.1 Å². The number of aromatic carboxylic acids is 1. The summed E-state index contributed by atoms with van der Waals surface area (Å²) in [5, 5.41) is 9.14. The largest absolute Gasteiger partial charge is 0.478 e. The van der Waals surface area contributed by atoms with E-state index in [0.29, 0.717) is 5.02 Å². The van der Waals surface area contributed by atoms with E-state index < -0.39 is 11.9 Å². The van der Waals surface area contributed by atoms with Gasteiger partial charge >= 0.3 is 5.97 Å². The summed E-state index contributed by atoms with van der Waals surface area (Å²) in [6.45, 7) is 0. The van der Waals surface area contributed by atoms with Crippen molar-refractivity contribution in [1.82, 2.24) is 0 Å². The highest BCUT2D eigenvalue weighted by molar-refractivity contribution is 6.30. The van der Waals surface area contributed by atoms with Crippen molar-refractivity contribution in [3.8, 4) is 11.8 Å². The monoisotopic (exact) mass is 223 g/mol. The molecule has 76 valence electrons. The van der Waals surface area contributed by atoms with Gasteiger partial charge in [-0.15, -0.1) is 0 Å². The second-order valence-corrected chi connectivity index (χ2v) is 3.05. The number of halogens is 1. The number of carboxylic acids is 1. The smallest absolute Gasteiger partial charge is 0.336 e. The third-order valence-corrected chi connectivity index (χ3v) is 1.77. The number of carbonyl (C=O) groups is 2. The zero-order valence-corrected chi connectivity index (χ0v) is 8.21. The molecule has 15 heavy (non-hydrogen) atoms. The molecular formula is C10H6ClNO3. The van der Waals surface area contributed by atoms with Crippen LogP contribution in [0.2, 0.25) is 5.02 Å². The summed E-state index contributed by atoms with van der Waals surface area (Å²) in [5.41, 5.74) is 4.95. The predicted molar refractivity (Wildman–Crippen MR) is 54.5 cm³/mol. The van der Waals surface area contributed by atoms with E-state index in [1.54, 1.807) is 0 Å². The van der Waals surface area contributed by atoms with Crippen LogP contribution in [0.1, 0.15) is 15.9 Å². The molecule has 0 unspecified atom stereocenters. The fourth-order valence-electron chi connectivity index (χ4n) is 0.935. The number of hydrogen-bond acceptors (Lipinski definition) is 2. The zero-order chi connectivity index (χ0) is 11.4. The van der Waals surface area contributed by atoms with Crippen molar-refractivity contribution in [2.75, 3.05) is 0 Å². The summed E-state index contributed by atoms with van der Waals surface area (Å²) >= 11 is 5.66. The Balaban J connectivity index is 3.27.